The Morgan fingerprint density at radius 1 is 1.07 bits per heavy atom. The molecule has 1 unspecified atom stereocenters. The predicted octanol–water partition coefficient (Wildman–Crippen LogP) is 3.62. The maximum Gasteiger partial charge on any atom is 0.148 e. The first-order valence-corrected chi connectivity index (χ1v) is 10.0. The van der Waals surface area contributed by atoms with Gasteiger partial charge in [0.1, 0.15) is 24.7 Å². The normalized spacial score (nSPS) is 17.6. The van der Waals surface area contributed by atoms with Gasteiger partial charge in [0, 0.05) is 31.9 Å². The van der Waals surface area contributed by atoms with E-state index in [1.807, 2.05) is 67.6 Å². The molecule has 0 aliphatic carbocycles. The molecule has 0 radical (unpaired) electrons. The fourth-order valence-electron chi connectivity index (χ4n) is 3.57. The number of nitrogens with zero attached hydrogens (tertiary/aromatic N) is 1. The molecule has 1 N–H and O–H groups in total. The topological polar surface area (TPSA) is 50.8 Å². The third kappa shape index (κ3) is 6.08. The van der Waals surface area contributed by atoms with E-state index >= 15 is 0 Å². The predicted molar refractivity (Wildman–Crippen MR) is 112 cm³/mol. The number of anilines is 1. The lowest BCUT2D eigenvalue weighted by Crippen LogP contribution is -2.52. The summed E-state index contributed by atoms with van der Waals surface area (Å²) in [6.45, 7) is 5.94. The van der Waals surface area contributed by atoms with Crippen molar-refractivity contribution in [2.45, 2.75) is 31.5 Å². The van der Waals surface area contributed by atoms with Crippen LogP contribution in [0, 0.1) is 0 Å². The molecule has 1 fully saturated rings. The smallest absolute Gasteiger partial charge is 0.148 e. The number of hydrogen-bond acceptors (Lipinski definition) is 5. The van der Waals surface area contributed by atoms with Crippen molar-refractivity contribution in [3.05, 3.63) is 60.7 Å². The van der Waals surface area contributed by atoms with Crippen LogP contribution in [-0.4, -0.2) is 55.7 Å². The molecular formula is C23H30N2O3. The van der Waals surface area contributed by atoms with Crippen molar-refractivity contribution in [2.24, 2.45) is 0 Å². The molecule has 5 heteroatoms. The van der Waals surface area contributed by atoms with Gasteiger partial charge in [-0.15, -0.1) is 0 Å². The van der Waals surface area contributed by atoms with E-state index in [1.54, 1.807) is 0 Å². The minimum absolute atomic E-state index is 0.326. The Labute approximate surface area is 167 Å². The van der Waals surface area contributed by atoms with Gasteiger partial charge < -0.3 is 19.6 Å². The van der Waals surface area contributed by atoms with E-state index in [2.05, 4.69) is 10.2 Å². The summed E-state index contributed by atoms with van der Waals surface area (Å²) >= 11 is 0. The van der Waals surface area contributed by atoms with Gasteiger partial charge >= 0.3 is 0 Å². The van der Waals surface area contributed by atoms with Crippen LogP contribution in [0.15, 0.2) is 60.7 Å². The molecule has 150 valence electrons. The van der Waals surface area contributed by atoms with Gasteiger partial charge in [-0.05, 0) is 44.0 Å². The number of carbonyl (C=O) groups excluding carboxylic acids is 1. The van der Waals surface area contributed by atoms with Crippen LogP contribution < -0.4 is 10.1 Å². The Morgan fingerprint density at radius 3 is 2.36 bits per heavy atom. The molecule has 1 heterocycles. The number of hydrogen-bond donors (Lipinski definition) is 1. The second kappa shape index (κ2) is 10.2. The van der Waals surface area contributed by atoms with Crippen molar-refractivity contribution in [3.8, 4) is 5.75 Å². The summed E-state index contributed by atoms with van der Waals surface area (Å²) in [6, 6.07) is 20.0. The van der Waals surface area contributed by atoms with E-state index in [0.29, 0.717) is 13.2 Å². The van der Waals surface area contributed by atoms with Crippen LogP contribution in [0.4, 0.5) is 5.69 Å². The van der Waals surface area contributed by atoms with Gasteiger partial charge in [-0.1, -0.05) is 36.4 Å². The summed E-state index contributed by atoms with van der Waals surface area (Å²) in [6.07, 6.45) is 2.25. The molecule has 0 bridgehead atoms. The average molecular weight is 383 g/mol. The second-order valence-electron chi connectivity index (χ2n) is 7.36. The molecule has 2 aromatic rings. The van der Waals surface area contributed by atoms with Crippen molar-refractivity contribution in [3.63, 3.8) is 0 Å². The number of carbonyl (C=O) groups is 1. The molecule has 1 saturated heterocycles. The van der Waals surface area contributed by atoms with E-state index < -0.39 is 6.10 Å². The summed E-state index contributed by atoms with van der Waals surface area (Å²) in [5.74, 6) is 0.907. The summed E-state index contributed by atoms with van der Waals surface area (Å²) < 4.78 is 12.0. The number of para-hydroxylation sites is 2. The molecule has 0 saturated carbocycles. The molecule has 0 spiro atoms. The van der Waals surface area contributed by atoms with E-state index in [9.17, 15) is 4.79 Å². The highest BCUT2D eigenvalue weighted by Gasteiger charge is 2.36. The van der Waals surface area contributed by atoms with Crippen LogP contribution in [-0.2, 0) is 9.53 Å². The van der Waals surface area contributed by atoms with Crippen molar-refractivity contribution in [1.29, 1.82) is 0 Å². The number of ether oxygens (including phenoxy) is 2. The molecule has 0 aromatic heterocycles. The maximum absolute atomic E-state index is 11.2. The highest BCUT2D eigenvalue weighted by Crippen LogP contribution is 2.28. The van der Waals surface area contributed by atoms with Crippen LogP contribution in [0.1, 0.15) is 19.8 Å². The van der Waals surface area contributed by atoms with Gasteiger partial charge in [0.25, 0.3) is 0 Å². The van der Waals surface area contributed by atoms with Gasteiger partial charge in [-0.25, -0.2) is 0 Å². The zero-order valence-electron chi connectivity index (χ0n) is 16.5. The van der Waals surface area contributed by atoms with E-state index in [4.69, 9.17) is 9.47 Å². The number of nitrogens with one attached hydrogen (secondary N) is 1. The number of aldehydes is 1. The highest BCUT2D eigenvalue weighted by atomic mass is 16.5. The molecule has 1 aliphatic rings. The van der Waals surface area contributed by atoms with Gasteiger partial charge in [0.05, 0.1) is 5.60 Å². The number of rotatable bonds is 10. The Bertz CT molecular complexity index is 700. The van der Waals surface area contributed by atoms with Crippen molar-refractivity contribution >= 4 is 12.0 Å². The average Bonchev–Trinajstić information content (AvgIpc) is 2.75. The molecular weight excluding hydrogens is 352 g/mol. The van der Waals surface area contributed by atoms with E-state index in [1.165, 1.54) is 0 Å². The molecule has 28 heavy (non-hydrogen) atoms. The third-order valence-corrected chi connectivity index (χ3v) is 5.20. The first kappa shape index (κ1) is 20.4. The summed E-state index contributed by atoms with van der Waals surface area (Å²) in [4.78, 5) is 13.6. The third-order valence-electron chi connectivity index (χ3n) is 5.20. The second-order valence-corrected chi connectivity index (χ2v) is 7.36. The first-order chi connectivity index (χ1) is 13.7. The van der Waals surface area contributed by atoms with Gasteiger partial charge in [0.2, 0.25) is 0 Å². The lowest BCUT2D eigenvalue weighted by molar-refractivity contribution is -0.137. The van der Waals surface area contributed by atoms with Crippen molar-refractivity contribution in [2.75, 3.05) is 38.1 Å². The highest BCUT2D eigenvalue weighted by molar-refractivity contribution is 5.55. The molecule has 3 rings (SSSR count). The SMILES string of the molecule is CC(C=O)OC1(CNc2ccccc2)CCN(CCOc2ccccc2)CC1. The van der Waals surface area contributed by atoms with Crippen molar-refractivity contribution < 1.29 is 14.3 Å². The molecule has 2 aromatic carbocycles. The number of piperidine rings is 1. The summed E-state index contributed by atoms with van der Waals surface area (Å²) in [5.41, 5.74) is 0.746. The van der Waals surface area contributed by atoms with Gasteiger partial charge in [0.15, 0.2) is 0 Å². The Balaban J connectivity index is 1.50. The molecule has 5 nitrogen and oxygen atoms in total. The summed E-state index contributed by atoms with van der Waals surface area (Å²) in [7, 11) is 0. The molecule has 0 amide bonds. The lowest BCUT2D eigenvalue weighted by Gasteiger charge is -2.42. The Kier molecular flexibility index (Phi) is 7.46. The van der Waals surface area contributed by atoms with E-state index in [0.717, 1.165) is 50.2 Å². The van der Waals surface area contributed by atoms with Crippen LogP contribution >= 0.6 is 0 Å². The first-order valence-electron chi connectivity index (χ1n) is 10.0. The molecule has 1 atom stereocenters. The van der Waals surface area contributed by atoms with Crippen LogP contribution in [0.2, 0.25) is 0 Å². The number of likely N-dealkylation sites (tertiary alicyclic amines) is 1. The fourth-order valence-corrected chi connectivity index (χ4v) is 3.57. The minimum Gasteiger partial charge on any atom is -0.492 e. The van der Waals surface area contributed by atoms with Crippen molar-refractivity contribution in [1.82, 2.24) is 4.90 Å². The van der Waals surface area contributed by atoms with Crippen LogP contribution in [0.25, 0.3) is 0 Å². The Morgan fingerprint density at radius 2 is 1.71 bits per heavy atom. The van der Waals surface area contributed by atoms with E-state index in [-0.39, 0.29) is 5.60 Å². The fraction of sp³-hybridized carbons (Fsp3) is 0.435. The van der Waals surface area contributed by atoms with Gasteiger partial charge in [-0.2, -0.15) is 0 Å². The quantitative estimate of drug-likeness (QED) is 0.636. The minimum atomic E-state index is -0.398. The number of benzene rings is 2. The van der Waals surface area contributed by atoms with Gasteiger partial charge in [-0.3, -0.25) is 4.90 Å². The lowest BCUT2D eigenvalue weighted by atomic mass is 9.90. The van der Waals surface area contributed by atoms with Crippen LogP contribution in [0.3, 0.4) is 0 Å². The Hall–Kier alpha value is -2.37. The zero-order chi connectivity index (χ0) is 19.7. The summed E-state index contributed by atoms with van der Waals surface area (Å²) in [5, 5.41) is 3.48. The molecule has 1 aliphatic heterocycles. The largest absolute Gasteiger partial charge is 0.492 e. The monoisotopic (exact) mass is 382 g/mol. The van der Waals surface area contributed by atoms with Crippen LogP contribution in [0.5, 0.6) is 5.75 Å². The maximum atomic E-state index is 11.2. The standard InChI is InChI=1S/C23H30N2O3/c1-20(18-26)28-23(19-24-21-8-4-2-5-9-21)12-14-25(15-13-23)16-17-27-22-10-6-3-7-11-22/h2-11,18,20,24H,12-17,19H2,1H3. The zero-order valence-corrected chi connectivity index (χ0v) is 16.5.